The summed E-state index contributed by atoms with van der Waals surface area (Å²) in [6.07, 6.45) is 0. The number of halogens is 2. The van der Waals surface area contributed by atoms with E-state index in [2.05, 4.69) is 26.1 Å². The molecule has 2 rings (SSSR count). The summed E-state index contributed by atoms with van der Waals surface area (Å²) in [6.45, 7) is 7.71. The van der Waals surface area contributed by atoms with Crippen molar-refractivity contribution in [2.24, 2.45) is 5.73 Å². The maximum atomic E-state index is 13.1. The van der Waals surface area contributed by atoms with Crippen LogP contribution in [0.1, 0.15) is 33.6 Å². The molecule has 0 aliphatic carbocycles. The van der Waals surface area contributed by atoms with Gasteiger partial charge in [-0.15, -0.1) is 0 Å². The normalized spacial score (nSPS) is 12.8. The zero-order valence-corrected chi connectivity index (χ0v) is 13.5. The summed E-state index contributed by atoms with van der Waals surface area (Å²) >= 11 is 3.30. The molecule has 0 saturated carbocycles. The average Bonchev–Trinajstić information content (AvgIpc) is 2.77. The Labute approximate surface area is 125 Å². The number of nitrogens with zero attached hydrogens (tertiary/aromatic N) is 2. The molecular weight excluding hydrogens is 325 g/mol. The van der Waals surface area contributed by atoms with Gasteiger partial charge in [-0.1, -0.05) is 5.16 Å². The molecule has 0 saturated heterocycles. The van der Waals surface area contributed by atoms with Gasteiger partial charge in [-0.3, -0.25) is 0 Å². The highest BCUT2D eigenvalue weighted by Crippen LogP contribution is 2.34. The molecule has 0 unspecified atom stereocenters. The molecule has 0 aliphatic heterocycles. The summed E-state index contributed by atoms with van der Waals surface area (Å²) in [6, 6.07) is 4.33. The Hall–Kier alpha value is -1.27. The van der Waals surface area contributed by atoms with Crippen LogP contribution in [0.25, 0.3) is 11.4 Å². The van der Waals surface area contributed by atoms with Gasteiger partial charge in [-0.25, -0.2) is 4.39 Å². The topological polar surface area (TPSA) is 64.9 Å². The van der Waals surface area contributed by atoms with E-state index in [-0.39, 0.29) is 5.82 Å². The van der Waals surface area contributed by atoms with E-state index in [1.165, 1.54) is 12.1 Å². The predicted octanol–water partition coefficient (Wildman–Crippen LogP) is 3.65. The van der Waals surface area contributed by atoms with Gasteiger partial charge in [0.1, 0.15) is 5.82 Å². The number of aromatic nitrogens is 2. The van der Waals surface area contributed by atoms with Crippen molar-refractivity contribution in [3.8, 4) is 11.4 Å². The summed E-state index contributed by atoms with van der Waals surface area (Å²) < 4.78 is 19.0. The third-order valence-corrected chi connectivity index (χ3v) is 4.40. The monoisotopic (exact) mass is 341 g/mol. The first kappa shape index (κ1) is 15.1. The second-order valence-electron chi connectivity index (χ2n) is 5.89. The maximum Gasteiger partial charge on any atom is 0.234 e. The smallest absolute Gasteiger partial charge is 0.234 e. The molecule has 1 aromatic carbocycles. The lowest BCUT2D eigenvalue weighted by Crippen LogP contribution is -2.50. The van der Waals surface area contributed by atoms with Crippen LogP contribution in [-0.4, -0.2) is 15.7 Å². The molecule has 6 heteroatoms. The number of hydrogen-bond donors (Lipinski definition) is 1. The highest BCUT2D eigenvalue weighted by molar-refractivity contribution is 9.10. The van der Waals surface area contributed by atoms with Gasteiger partial charge in [0.25, 0.3) is 0 Å². The quantitative estimate of drug-likeness (QED) is 0.925. The van der Waals surface area contributed by atoms with Crippen LogP contribution >= 0.6 is 15.9 Å². The van der Waals surface area contributed by atoms with Crippen LogP contribution in [0.2, 0.25) is 0 Å². The molecule has 0 amide bonds. The molecule has 2 N–H and O–H groups in total. The Bertz CT molecular complexity index is 632. The number of rotatable bonds is 3. The molecule has 0 radical (unpaired) electrons. The molecule has 0 bridgehead atoms. The fourth-order valence-electron chi connectivity index (χ4n) is 1.53. The van der Waals surface area contributed by atoms with Gasteiger partial charge in [0, 0.05) is 15.6 Å². The minimum Gasteiger partial charge on any atom is -0.338 e. The predicted molar refractivity (Wildman–Crippen MR) is 78.7 cm³/mol. The summed E-state index contributed by atoms with van der Waals surface area (Å²) in [5.41, 5.74) is 5.83. The molecule has 0 spiro atoms. The van der Waals surface area contributed by atoms with Gasteiger partial charge in [-0.05, 0) is 61.8 Å². The third kappa shape index (κ3) is 2.62. The molecule has 0 fully saturated rings. The van der Waals surface area contributed by atoms with E-state index in [1.54, 1.807) is 6.07 Å². The molecule has 0 aliphatic rings. The summed E-state index contributed by atoms with van der Waals surface area (Å²) in [5, 5.41) is 3.96. The maximum absolute atomic E-state index is 13.1. The minimum absolute atomic E-state index is 0.326. The molecular formula is C14H17BrFN3O. The molecule has 20 heavy (non-hydrogen) atoms. The van der Waals surface area contributed by atoms with Crippen LogP contribution in [0, 0.1) is 5.82 Å². The lowest BCUT2D eigenvalue weighted by Gasteiger charge is -2.34. The van der Waals surface area contributed by atoms with Crippen LogP contribution in [0.4, 0.5) is 4.39 Å². The van der Waals surface area contributed by atoms with Crippen molar-refractivity contribution in [3.05, 3.63) is 34.4 Å². The fourth-order valence-corrected chi connectivity index (χ4v) is 2.06. The second-order valence-corrected chi connectivity index (χ2v) is 6.75. The Balaban J connectivity index is 2.44. The standard InChI is InChI=1S/C14H17BrFN3O/c1-13(2,14(3,4)17)12-18-11(19-20-12)9-6-5-8(16)7-10(9)15/h5-7H,17H2,1-4H3. The van der Waals surface area contributed by atoms with E-state index in [4.69, 9.17) is 10.3 Å². The third-order valence-electron chi connectivity index (χ3n) is 3.74. The lowest BCUT2D eigenvalue weighted by atomic mass is 9.75. The molecule has 1 aromatic heterocycles. The van der Waals surface area contributed by atoms with E-state index in [1.807, 2.05) is 27.7 Å². The van der Waals surface area contributed by atoms with E-state index in [9.17, 15) is 4.39 Å². The lowest BCUT2D eigenvalue weighted by molar-refractivity contribution is 0.223. The first-order valence-electron chi connectivity index (χ1n) is 6.21. The van der Waals surface area contributed by atoms with Gasteiger partial charge in [0.05, 0.1) is 5.41 Å². The van der Waals surface area contributed by atoms with Gasteiger partial charge >= 0.3 is 0 Å². The van der Waals surface area contributed by atoms with Crippen molar-refractivity contribution in [3.63, 3.8) is 0 Å². The van der Waals surface area contributed by atoms with Crippen molar-refractivity contribution in [2.45, 2.75) is 38.6 Å². The van der Waals surface area contributed by atoms with Gasteiger partial charge in [0.15, 0.2) is 0 Å². The van der Waals surface area contributed by atoms with Crippen molar-refractivity contribution in [1.82, 2.24) is 10.1 Å². The minimum atomic E-state index is -0.517. The number of benzene rings is 1. The molecule has 4 nitrogen and oxygen atoms in total. The molecule has 108 valence electrons. The van der Waals surface area contributed by atoms with E-state index in [0.717, 1.165) is 0 Å². The van der Waals surface area contributed by atoms with Crippen molar-refractivity contribution >= 4 is 15.9 Å². The Morgan fingerprint density at radius 1 is 1.25 bits per heavy atom. The van der Waals surface area contributed by atoms with Crippen LogP contribution in [0.5, 0.6) is 0 Å². The highest BCUT2D eigenvalue weighted by atomic mass is 79.9. The Morgan fingerprint density at radius 3 is 2.45 bits per heavy atom. The number of nitrogens with two attached hydrogens (primary N) is 1. The van der Waals surface area contributed by atoms with Crippen LogP contribution < -0.4 is 5.73 Å². The zero-order valence-electron chi connectivity index (χ0n) is 11.9. The summed E-state index contributed by atoms with van der Waals surface area (Å²) in [7, 11) is 0. The van der Waals surface area contributed by atoms with Crippen molar-refractivity contribution < 1.29 is 8.91 Å². The Kier molecular flexibility index (Phi) is 3.73. The summed E-state index contributed by atoms with van der Waals surface area (Å²) in [5.74, 6) is 0.535. The SMILES string of the molecule is CC(C)(N)C(C)(C)c1nc(-c2ccc(F)cc2Br)no1. The van der Waals surface area contributed by atoms with E-state index in [0.29, 0.717) is 21.8 Å². The first-order chi connectivity index (χ1) is 9.13. The van der Waals surface area contributed by atoms with E-state index >= 15 is 0 Å². The second kappa shape index (κ2) is 4.93. The van der Waals surface area contributed by atoms with E-state index < -0.39 is 11.0 Å². The zero-order chi connectivity index (χ0) is 15.1. The first-order valence-corrected chi connectivity index (χ1v) is 7.01. The highest BCUT2D eigenvalue weighted by Gasteiger charge is 2.40. The number of hydrogen-bond acceptors (Lipinski definition) is 4. The van der Waals surface area contributed by atoms with Crippen LogP contribution in [0.15, 0.2) is 27.2 Å². The molecule has 1 heterocycles. The van der Waals surface area contributed by atoms with Crippen molar-refractivity contribution in [2.75, 3.05) is 0 Å². The van der Waals surface area contributed by atoms with Crippen molar-refractivity contribution in [1.29, 1.82) is 0 Å². The summed E-state index contributed by atoms with van der Waals surface area (Å²) in [4.78, 5) is 4.40. The van der Waals surface area contributed by atoms with Gasteiger partial charge in [0.2, 0.25) is 11.7 Å². The van der Waals surface area contributed by atoms with Gasteiger partial charge < -0.3 is 10.3 Å². The Morgan fingerprint density at radius 2 is 1.90 bits per heavy atom. The largest absolute Gasteiger partial charge is 0.338 e. The fraction of sp³-hybridized carbons (Fsp3) is 0.429. The average molecular weight is 342 g/mol. The van der Waals surface area contributed by atoms with Crippen LogP contribution in [-0.2, 0) is 5.41 Å². The van der Waals surface area contributed by atoms with Crippen LogP contribution in [0.3, 0.4) is 0 Å². The molecule has 2 aromatic rings. The van der Waals surface area contributed by atoms with Gasteiger partial charge in [-0.2, -0.15) is 4.98 Å². The molecule has 0 atom stereocenters.